The summed E-state index contributed by atoms with van der Waals surface area (Å²) in [6, 6.07) is 15.3. The number of aromatic nitrogens is 2. The Kier molecular flexibility index (Phi) is 7.00. The summed E-state index contributed by atoms with van der Waals surface area (Å²) in [6.07, 6.45) is 3.73. The Morgan fingerprint density at radius 2 is 1.76 bits per heavy atom. The minimum absolute atomic E-state index is 0.209. The molecule has 0 bridgehead atoms. The lowest BCUT2D eigenvalue weighted by atomic mass is 10.1. The molecule has 0 saturated heterocycles. The summed E-state index contributed by atoms with van der Waals surface area (Å²) in [7, 11) is 1.63. The average molecular weight is 392 g/mol. The highest BCUT2D eigenvalue weighted by Gasteiger charge is 2.08. The van der Waals surface area contributed by atoms with Crippen LogP contribution in [0.4, 0.5) is 11.6 Å². The molecule has 7 heteroatoms. The fourth-order valence-corrected chi connectivity index (χ4v) is 2.70. The minimum atomic E-state index is -0.209. The van der Waals surface area contributed by atoms with Gasteiger partial charge in [0.25, 0.3) is 5.91 Å². The van der Waals surface area contributed by atoms with Crippen LogP contribution >= 0.6 is 0 Å². The van der Waals surface area contributed by atoms with E-state index >= 15 is 0 Å². The topological polar surface area (TPSA) is 85.4 Å². The Hall–Kier alpha value is -3.61. The van der Waals surface area contributed by atoms with Crippen LogP contribution in [0.15, 0.2) is 60.9 Å². The quantitative estimate of drug-likeness (QED) is 0.579. The third-order valence-corrected chi connectivity index (χ3v) is 4.21. The van der Waals surface area contributed by atoms with Gasteiger partial charge in [-0.3, -0.25) is 4.79 Å². The van der Waals surface area contributed by atoms with E-state index in [1.54, 1.807) is 7.11 Å². The summed E-state index contributed by atoms with van der Waals surface area (Å²) in [5.74, 6) is 1.72. The van der Waals surface area contributed by atoms with Crippen molar-refractivity contribution in [3.63, 3.8) is 0 Å². The van der Waals surface area contributed by atoms with Crippen LogP contribution in [0.2, 0.25) is 0 Å². The van der Waals surface area contributed by atoms with Crippen molar-refractivity contribution in [3.05, 3.63) is 72.1 Å². The SMILES string of the molecule is CCOc1ccccc1Nc1ncc(C(=O)NCCc2ccc(OC)cc2)cn1. The molecule has 0 unspecified atom stereocenters. The maximum absolute atomic E-state index is 12.3. The van der Waals surface area contributed by atoms with E-state index in [4.69, 9.17) is 9.47 Å². The fraction of sp³-hybridized carbons (Fsp3) is 0.227. The second-order valence-electron chi connectivity index (χ2n) is 6.20. The van der Waals surface area contributed by atoms with E-state index in [2.05, 4.69) is 20.6 Å². The van der Waals surface area contributed by atoms with Gasteiger partial charge in [-0.05, 0) is 43.2 Å². The maximum Gasteiger partial charge on any atom is 0.254 e. The highest BCUT2D eigenvalue weighted by Crippen LogP contribution is 2.25. The number of benzene rings is 2. The van der Waals surface area contributed by atoms with Gasteiger partial charge in [-0.25, -0.2) is 9.97 Å². The van der Waals surface area contributed by atoms with Crippen LogP contribution in [0.5, 0.6) is 11.5 Å². The van der Waals surface area contributed by atoms with Gasteiger partial charge in [0.1, 0.15) is 11.5 Å². The summed E-state index contributed by atoms with van der Waals surface area (Å²) >= 11 is 0. The third kappa shape index (κ3) is 5.68. The van der Waals surface area contributed by atoms with Crippen LogP contribution in [0, 0.1) is 0 Å². The average Bonchev–Trinajstić information content (AvgIpc) is 2.76. The lowest BCUT2D eigenvalue weighted by Crippen LogP contribution is -2.26. The fourth-order valence-electron chi connectivity index (χ4n) is 2.70. The van der Waals surface area contributed by atoms with Gasteiger partial charge in [0.05, 0.1) is 25.0 Å². The molecule has 0 aliphatic heterocycles. The number of carbonyl (C=O) groups is 1. The number of nitrogens with zero attached hydrogens (tertiary/aromatic N) is 2. The maximum atomic E-state index is 12.3. The van der Waals surface area contributed by atoms with Crippen molar-refractivity contribution in [2.45, 2.75) is 13.3 Å². The van der Waals surface area contributed by atoms with E-state index in [0.29, 0.717) is 24.7 Å². The van der Waals surface area contributed by atoms with Gasteiger partial charge in [-0.15, -0.1) is 0 Å². The van der Waals surface area contributed by atoms with Gasteiger partial charge in [-0.2, -0.15) is 0 Å². The number of hydrogen-bond donors (Lipinski definition) is 2. The van der Waals surface area contributed by atoms with E-state index in [1.165, 1.54) is 12.4 Å². The number of rotatable bonds is 9. The Morgan fingerprint density at radius 1 is 1.03 bits per heavy atom. The van der Waals surface area contributed by atoms with Crippen molar-refractivity contribution >= 4 is 17.5 Å². The molecular formula is C22H24N4O3. The van der Waals surface area contributed by atoms with Crippen LogP contribution in [0.3, 0.4) is 0 Å². The zero-order valence-electron chi connectivity index (χ0n) is 16.5. The normalized spacial score (nSPS) is 10.3. The van der Waals surface area contributed by atoms with Crippen LogP contribution in [0.25, 0.3) is 0 Å². The van der Waals surface area contributed by atoms with Crippen LogP contribution in [-0.4, -0.2) is 36.1 Å². The Bertz CT molecular complexity index is 928. The van der Waals surface area contributed by atoms with Crippen molar-refractivity contribution in [1.82, 2.24) is 15.3 Å². The molecule has 1 heterocycles. The molecule has 0 radical (unpaired) electrons. The number of ether oxygens (including phenoxy) is 2. The van der Waals surface area contributed by atoms with E-state index in [9.17, 15) is 4.79 Å². The molecule has 0 atom stereocenters. The van der Waals surface area contributed by atoms with Gasteiger partial charge in [0, 0.05) is 18.9 Å². The molecule has 0 saturated carbocycles. The smallest absolute Gasteiger partial charge is 0.254 e. The molecule has 1 amide bonds. The van der Waals surface area contributed by atoms with Crippen LogP contribution < -0.4 is 20.1 Å². The van der Waals surface area contributed by atoms with Crippen molar-refractivity contribution in [2.24, 2.45) is 0 Å². The van der Waals surface area contributed by atoms with Crippen LogP contribution in [-0.2, 0) is 6.42 Å². The molecule has 7 nitrogen and oxygen atoms in total. The highest BCUT2D eigenvalue weighted by molar-refractivity contribution is 5.93. The van der Waals surface area contributed by atoms with E-state index in [-0.39, 0.29) is 5.91 Å². The lowest BCUT2D eigenvalue weighted by Gasteiger charge is -2.11. The second-order valence-corrected chi connectivity index (χ2v) is 6.20. The molecule has 3 aromatic rings. The zero-order chi connectivity index (χ0) is 20.5. The number of methoxy groups -OCH3 is 1. The molecular weight excluding hydrogens is 368 g/mol. The first-order chi connectivity index (χ1) is 14.2. The molecule has 2 aromatic carbocycles. The lowest BCUT2D eigenvalue weighted by molar-refractivity contribution is 0.0953. The molecule has 0 spiro atoms. The first kappa shape index (κ1) is 20.1. The molecule has 1 aromatic heterocycles. The summed E-state index contributed by atoms with van der Waals surface area (Å²) < 4.78 is 10.7. The number of hydrogen-bond acceptors (Lipinski definition) is 6. The predicted molar refractivity (Wildman–Crippen MR) is 112 cm³/mol. The second kappa shape index (κ2) is 10.1. The van der Waals surface area contributed by atoms with Gasteiger partial charge in [0.2, 0.25) is 5.95 Å². The number of carbonyl (C=O) groups excluding carboxylic acids is 1. The summed E-state index contributed by atoms with van der Waals surface area (Å²) in [5.41, 5.74) is 2.30. The molecule has 0 fully saturated rings. The Balaban J connectivity index is 1.53. The Labute approximate surface area is 170 Å². The van der Waals surface area contributed by atoms with Crippen molar-refractivity contribution < 1.29 is 14.3 Å². The monoisotopic (exact) mass is 392 g/mol. The largest absolute Gasteiger partial charge is 0.497 e. The van der Waals surface area contributed by atoms with Crippen molar-refractivity contribution in [1.29, 1.82) is 0 Å². The highest BCUT2D eigenvalue weighted by atomic mass is 16.5. The van der Waals surface area contributed by atoms with E-state index in [1.807, 2.05) is 55.5 Å². The van der Waals surface area contributed by atoms with Crippen molar-refractivity contribution in [2.75, 3.05) is 25.6 Å². The van der Waals surface area contributed by atoms with Crippen LogP contribution in [0.1, 0.15) is 22.8 Å². The first-order valence-corrected chi connectivity index (χ1v) is 9.41. The first-order valence-electron chi connectivity index (χ1n) is 9.41. The van der Waals surface area contributed by atoms with Gasteiger partial charge in [0.15, 0.2) is 0 Å². The molecule has 3 rings (SSSR count). The Morgan fingerprint density at radius 3 is 2.45 bits per heavy atom. The number of para-hydroxylation sites is 2. The molecule has 0 aliphatic rings. The third-order valence-electron chi connectivity index (χ3n) is 4.21. The van der Waals surface area contributed by atoms with E-state index < -0.39 is 0 Å². The molecule has 0 aliphatic carbocycles. The van der Waals surface area contributed by atoms with Gasteiger partial charge < -0.3 is 20.1 Å². The van der Waals surface area contributed by atoms with Crippen molar-refractivity contribution in [3.8, 4) is 11.5 Å². The summed E-state index contributed by atoms with van der Waals surface area (Å²) in [6.45, 7) is 3.01. The van der Waals surface area contributed by atoms with Gasteiger partial charge in [-0.1, -0.05) is 24.3 Å². The number of anilines is 2. The molecule has 150 valence electrons. The van der Waals surface area contributed by atoms with Gasteiger partial charge >= 0.3 is 0 Å². The standard InChI is InChI=1S/C22H24N4O3/c1-3-29-20-7-5-4-6-19(20)26-22-24-14-17(15-25-22)21(27)23-13-12-16-8-10-18(28-2)11-9-16/h4-11,14-15H,3,12-13H2,1-2H3,(H,23,27)(H,24,25,26). The number of amides is 1. The number of nitrogens with one attached hydrogen (secondary N) is 2. The molecule has 2 N–H and O–H groups in total. The summed E-state index contributed by atoms with van der Waals surface area (Å²) in [4.78, 5) is 20.8. The van der Waals surface area contributed by atoms with E-state index in [0.717, 1.165) is 29.2 Å². The predicted octanol–water partition coefficient (Wildman–Crippen LogP) is 3.60. The molecule has 29 heavy (non-hydrogen) atoms. The summed E-state index contributed by atoms with van der Waals surface area (Å²) in [5, 5.41) is 5.99. The zero-order valence-corrected chi connectivity index (χ0v) is 16.5. The minimum Gasteiger partial charge on any atom is -0.497 e.